The quantitative estimate of drug-likeness (QED) is 0.776. The SMILES string of the molecule is CC1CC(C)NC(C2C(=O)CC(C(C)C)CC2=O)=N1. The van der Waals surface area contributed by atoms with Crippen LogP contribution >= 0.6 is 0 Å². The molecule has 1 aliphatic carbocycles. The summed E-state index contributed by atoms with van der Waals surface area (Å²) in [5.74, 6) is 0.664. The highest BCUT2D eigenvalue weighted by Crippen LogP contribution is 2.30. The molecule has 106 valence electrons. The second-order valence-corrected chi connectivity index (χ2v) is 6.42. The molecule has 0 aromatic heterocycles. The summed E-state index contributed by atoms with van der Waals surface area (Å²) in [4.78, 5) is 29.1. The number of carbonyl (C=O) groups excluding carboxylic acids is 2. The first-order chi connectivity index (χ1) is 8.88. The summed E-state index contributed by atoms with van der Waals surface area (Å²) >= 11 is 0. The second-order valence-electron chi connectivity index (χ2n) is 6.42. The zero-order chi connectivity index (χ0) is 14.2. The zero-order valence-corrected chi connectivity index (χ0v) is 12.3. The molecule has 0 amide bonds. The van der Waals surface area contributed by atoms with Gasteiger partial charge < -0.3 is 5.32 Å². The minimum absolute atomic E-state index is 0.0440. The van der Waals surface area contributed by atoms with Gasteiger partial charge in [0.1, 0.15) is 11.8 Å². The van der Waals surface area contributed by atoms with Crippen LogP contribution in [0.25, 0.3) is 0 Å². The third-order valence-corrected chi connectivity index (χ3v) is 4.24. The highest BCUT2D eigenvalue weighted by atomic mass is 16.2. The van der Waals surface area contributed by atoms with Crippen LogP contribution in [-0.4, -0.2) is 29.5 Å². The summed E-state index contributed by atoms with van der Waals surface area (Å²) in [5, 5.41) is 3.23. The molecule has 1 heterocycles. The molecule has 1 fully saturated rings. The first-order valence-corrected chi connectivity index (χ1v) is 7.28. The van der Waals surface area contributed by atoms with Gasteiger partial charge in [-0.05, 0) is 32.1 Å². The number of aliphatic imine (C=N–C) groups is 1. The second kappa shape index (κ2) is 5.43. The van der Waals surface area contributed by atoms with Crippen molar-refractivity contribution in [2.75, 3.05) is 0 Å². The van der Waals surface area contributed by atoms with E-state index in [0.29, 0.717) is 24.6 Å². The van der Waals surface area contributed by atoms with Crippen LogP contribution in [0.5, 0.6) is 0 Å². The summed E-state index contributed by atoms with van der Waals surface area (Å²) in [7, 11) is 0. The number of nitrogens with one attached hydrogen (secondary N) is 1. The van der Waals surface area contributed by atoms with Crippen LogP contribution in [0.15, 0.2) is 4.99 Å². The zero-order valence-electron chi connectivity index (χ0n) is 12.3. The molecule has 1 N–H and O–H groups in total. The number of ketones is 2. The van der Waals surface area contributed by atoms with Gasteiger partial charge in [-0.25, -0.2) is 0 Å². The molecule has 0 aromatic carbocycles. The number of hydrogen-bond donors (Lipinski definition) is 1. The van der Waals surface area contributed by atoms with Crippen molar-refractivity contribution in [2.45, 2.75) is 59.0 Å². The third-order valence-electron chi connectivity index (χ3n) is 4.24. The third kappa shape index (κ3) is 3.04. The lowest BCUT2D eigenvalue weighted by Gasteiger charge is -2.33. The molecule has 0 radical (unpaired) electrons. The topological polar surface area (TPSA) is 58.5 Å². The van der Waals surface area contributed by atoms with Crippen molar-refractivity contribution >= 4 is 17.4 Å². The molecule has 0 spiro atoms. The van der Waals surface area contributed by atoms with E-state index in [2.05, 4.69) is 31.1 Å². The van der Waals surface area contributed by atoms with Crippen LogP contribution in [0.3, 0.4) is 0 Å². The van der Waals surface area contributed by atoms with Crippen molar-refractivity contribution in [3.8, 4) is 0 Å². The van der Waals surface area contributed by atoms with Gasteiger partial charge in [0, 0.05) is 18.9 Å². The minimum Gasteiger partial charge on any atom is -0.370 e. The van der Waals surface area contributed by atoms with Gasteiger partial charge in [0.05, 0.1) is 6.04 Å². The Morgan fingerprint density at radius 1 is 1.16 bits per heavy atom. The van der Waals surface area contributed by atoms with Crippen molar-refractivity contribution in [1.82, 2.24) is 5.32 Å². The first-order valence-electron chi connectivity index (χ1n) is 7.28. The molecular formula is C15H24N2O2. The lowest BCUT2D eigenvalue weighted by molar-refractivity contribution is -0.135. The summed E-state index contributed by atoms with van der Waals surface area (Å²) in [6.45, 7) is 8.25. The average molecular weight is 264 g/mol. The van der Waals surface area contributed by atoms with E-state index in [9.17, 15) is 9.59 Å². The van der Waals surface area contributed by atoms with E-state index in [0.717, 1.165) is 6.42 Å². The molecule has 1 aliphatic heterocycles. The molecule has 1 saturated carbocycles. The Balaban J connectivity index is 2.17. The minimum atomic E-state index is -0.625. The summed E-state index contributed by atoms with van der Waals surface area (Å²) in [6, 6.07) is 0.473. The molecule has 4 heteroatoms. The number of Topliss-reactive ketones (excluding diaryl/α,β-unsaturated/α-hetero) is 2. The predicted molar refractivity (Wildman–Crippen MR) is 75.2 cm³/mol. The van der Waals surface area contributed by atoms with E-state index in [1.807, 2.05) is 6.92 Å². The van der Waals surface area contributed by atoms with E-state index in [4.69, 9.17) is 0 Å². The number of rotatable bonds is 2. The van der Waals surface area contributed by atoms with Crippen molar-refractivity contribution in [3.05, 3.63) is 0 Å². The number of hydrogen-bond acceptors (Lipinski definition) is 4. The molecule has 2 atom stereocenters. The summed E-state index contributed by atoms with van der Waals surface area (Å²) < 4.78 is 0. The smallest absolute Gasteiger partial charge is 0.151 e. The van der Waals surface area contributed by atoms with Crippen LogP contribution in [0.2, 0.25) is 0 Å². The Bertz CT molecular complexity index is 396. The molecule has 4 nitrogen and oxygen atoms in total. The van der Waals surface area contributed by atoms with Crippen LogP contribution in [0.1, 0.15) is 47.0 Å². The Morgan fingerprint density at radius 2 is 1.74 bits per heavy atom. The fourth-order valence-corrected chi connectivity index (χ4v) is 3.09. The summed E-state index contributed by atoms with van der Waals surface area (Å²) in [6.07, 6.45) is 1.97. The van der Waals surface area contributed by atoms with Gasteiger partial charge in [-0.2, -0.15) is 0 Å². The normalized spacial score (nSPS) is 36.2. The van der Waals surface area contributed by atoms with Gasteiger partial charge in [-0.1, -0.05) is 13.8 Å². The number of nitrogens with zero attached hydrogens (tertiary/aromatic N) is 1. The lowest BCUT2D eigenvalue weighted by atomic mass is 9.74. The van der Waals surface area contributed by atoms with Crippen molar-refractivity contribution < 1.29 is 9.59 Å². The molecular weight excluding hydrogens is 240 g/mol. The van der Waals surface area contributed by atoms with E-state index >= 15 is 0 Å². The molecule has 0 bridgehead atoms. The van der Waals surface area contributed by atoms with Gasteiger partial charge in [0.25, 0.3) is 0 Å². The predicted octanol–water partition coefficient (Wildman–Crippen LogP) is 1.98. The van der Waals surface area contributed by atoms with Gasteiger partial charge in [0.15, 0.2) is 11.6 Å². The maximum Gasteiger partial charge on any atom is 0.151 e. The Labute approximate surface area is 115 Å². The molecule has 2 unspecified atom stereocenters. The summed E-state index contributed by atoms with van der Waals surface area (Å²) in [5.41, 5.74) is 0. The molecule has 2 aliphatic rings. The van der Waals surface area contributed by atoms with E-state index in [1.54, 1.807) is 0 Å². The maximum atomic E-state index is 12.3. The van der Waals surface area contributed by atoms with Gasteiger partial charge in [-0.3, -0.25) is 14.6 Å². The van der Waals surface area contributed by atoms with E-state index in [-0.39, 0.29) is 29.6 Å². The first kappa shape index (κ1) is 14.2. The van der Waals surface area contributed by atoms with Gasteiger partial charge in [-0.15, -0.1) is 0 Å². The standard InChI is InChI=1S/C15H24N2O2/c1-8(2)11-6-12(18)14(13(19)7-11)15-16-9(3)5-10(4)17-15/h8-11,14H,5-7H2,1-4H3,(H,16,17). The molecule has 2 rings (SSSR count). The van der Waals surface area contributed by atoms with Crippen LogP contribution in [0.4, 0.5) is 0 Å². The van der Waals surface area contributed by atoms with Crippen molar-refractivity contribution in [3.63, 3.8) is 0 Å². The monoisotopic (exact) mass is 264 g/mol. The van der Waals surface area contributed by atoms with Crippen LogP contribution in [-0.2, 0) is 9.59 Å². The highest BCUT2D eigenvalue weighted by molar-refractivity contribution is 6.21. The fraction of sp³-hybridized carbons (Fsp3) is 0.800. The van der Waals surface area contributed by atoms with E-state index in [1.165, 1.54) is 0 Å². The van der Waals surface area contributed by atoms with Gasteiger partial charge in [0.2, 0.25) is 0 Å². The number of amidine groups is 1. The lowest BCUT2D eigenvalue weighted by Crippen LogP contribution is -2.50. The van der Waals surface area contributed by atoms with E-state index < -0.39 is 5.92 Å². The Kier molecular flexibility index (Phi) is 4.07. The van der Waals surface area contributed by atoms with Crippen molar-refractivity contribution in [1.29, 1.82) is 0 Å². The number of carbonyl (C=O) groups is 2. The Hall–Kier alpha value is -1.19. The van der Waals surface area contributed by atoms with Crippen molar-refractivity contribution in [2.24, 2.45) is 22.7 Å². The van der Waals surface area contributed by atoms with Crippen LogP contribution in [0, 0.1) is 17.8 Å². The average Bonchev–Trinajstić information content (AvgIpc) is 2.26. The Morgan fingerprint density at radius 3 is 2.21 bits per heavy atom. The highest BCUT2D eigenvalue weighted by Gasteiger charge is 2.40. The molecule has 19 heavy (non-hydrogen) atoms. The largest absolute Gasteiger partial charge is 0.370 e. The molecule has 0 saturated heterocycles. The fourth-order valence-electron chi connectivity index (χ4n) is 3.09. The van der Waals surface area contributed by atoms with Gasteiger partial charge >= 0.3 is 0 Å². The van der Waals surface area contributed by atoms with Crippen LogP contribution < -0.4 is 5.32 Å². The maximum absolute atomic E-state index is 12.3. The molecule has 0 aromatic rings.